The summed E-state index contributed by atoms with van der Waals surface area (Å²) in [6.07, 6.45) is 1.06. The molecule has 3 rings (SSSR count). The van der Waals surface area contributed by atoms with Crippen LogP contribution >= 0.6 is 0 Å². The van der Waals surface area contributed by atoms with Crippen molar-refractivity contribution in [3.05, 3.63) is 35.9 Å². The molecule has 1 saturated heterocycles. The average molecular weight is 271 g/mol. The molecule has 2 aromatic rings. The minimum absolute atomic E-state index is 0.785. The van der Waals surface area contributed by atoms with Crippen LogP contribution in [0.1, 0.15) is 12.0 Å². The minimum atomic E-state index is 0.785. The van der Waals surface area contributed by atoms with Gasteiger partial charge in [-0.2, -0.15) is 0 Å². The zero-order valence-corrected chi connectivity index (χ0v) is 11.9. The lowest BCUT2D eigenvalue weighted by molar-refractivity contribution is 0.152. The van der Waals surface area contributed by atoms with Gasteiger partial charge in [-0.05, 0) is 25.6 Å². The van der Waals surface area contributed by atoms with Crippen LogP contribution < -0.4 is 10.2 Å². The van der Waals surface area contributed by atoms with Gasteiger partial charge in [-0.1, -0.05) is 18.2 Å². The van der Waals surface area contributed by atoms with E-state index in [9.17, 15) is 0 Å². The largest absolute Gasteiger partial charge is 0.380 e. The third-order valence-electron chi connectivity index (χ3n) is 3.67. The standard InChI is InChI=1S/C16H21N3O/c1-17-12-14-11-13-5-2-3-6-15(13)18-16(14)19-7-4-9-20-10-8-19/h2-3,5-6,11,17H,4,7-10,12H2,1H3. The van der Waals surface area contributed by atoms with Gasteiger partial charge < -0.3 is 15.0 Å². The van der Waals surface area contributed by atoms with Crippen LogP contribution in [0, 0.1) is 0 Å². The molecule has 0 bridgehead atoms. The fourth-order valence-corrected chi connectivity index (χ4v) is 2.70. The summed E-state index contributed by atoms with van der Waals surface area (Å²) in [6, 6.07) is 10.6. The first-order valence-corrected chi connectivity index (χ1v) is 7.24. The smallest absolute Gasteiger partial charge is 0.133 e. The summed E-state index contributed by atoms with van der Waals surface area (Å²) in [4.78, 5) is 7.24. The summed E-state index contributed by atoms with van der Waals surface area (Å²) in [5, 5.41) is 4.45. The van der Waals surface area contributed by atoms with E-state index in [0.29, 0.717) is 0 Å². The van der Waals surface area contributed by atoms with E-state index < -0.39 is 0 Å². The molecule has 0 radical (unpaired) electrons. The quantitative estimate of drug-likeness (QED) is 0.928. The second kappa shape index (κ2) is 6.20. The monoisotopic (exact) mass is 271 g/mol. The third kappa shape index (κ3) is 2.76. The number of benzene rings is 1. The molecule has 4 heteroatoms. The van der Waals surface area contributed by atoms with Crippen LogP contribution in [-0.2, 0) is 11.3 Å². The van der Waals surface area contributed by atoms with Crippen molar-refractivity contribution in [1.82, 2.24) is 10.3 Å². The van der Waals surface area contributed by atoms with Gasteiger partial charge in [-0.15, -0.1) is 0 Å². The average Bonchev–Trinajstić information content (AvgIpc) is 2.76. The summed E-state index contributed by atoms with van der Waals surface area (Å²) in [5.41, 5.74) is 2.32. The van der Waals surface area contributed by atoms with E-state index in [1.807, 2.05) is 13.1 Å². The lowest BCUT2D eigenvalue weighted by Gasteiger charge is -2.24. The maximum Gasteiger partial charge on any atom is 0.133 e. The normalized spacial score (nSPS) is 16.4. The van der Waals surface area contributed by atoms with Gasteiger partial charge in [0.25, 0.3) is 0 Å². The molecule has 1 aromatic heterocycles. The second-order valence-corrected chi connectivity index (χ2v) is 5.15. The van der Waals surface area contributed by atoms with Gasteiger partial charge in [-0.3, -0.25) is 0 Å². The van der Waals surface area contributed by atoms with E-state index in [2.05, 4.69) is 34.5 Å². The van der Waals surface area contributed by atoms with Gasteiger partial charge in [0.2, 0.25) is 0 Å². The van der Waals surface area contributed by atoms with Crippen LogP contribution in [0.5, 0.6) is 0 Å². The third-order valence-corrected chi connectivity index (χ3v) is 3.67. The summed E-state index contributed by atoms with van der Waals surface area (Å²) >= 11 is 0. The van der Waals surface area contributed by atoms with Crippen molar-refractivity contribution >= 4 is 16.7 Å². The van der Waals surface area contributed by atoms with Crippen molar-refractivity contribution in [3.63, 3.8) is 0 Å². The van der Waals surface area contributed by atoms with Crippen LogP contribution in [0.15, 0.2) is 30.3 Å². The Morgan fingerprint density at radius 2 is 2.15 bits per heavy atom. The molecule has 4 nitrogen and oxygen atoms in total. The van der Waals surface area contributed by atoms with Gasteiger partial charge in [0.15, 0.2) is 0 Å². The molecule has 0 spiro atoms. The topological polar surface area (TPSA) is 37.4 Å². The van der Waals surface area contributed by atoms with Gasteiger partial charge in [0, 0.05) is 37.2 Å². The van der Waals surface area contributed by atoms with Crippen molar-refractivity contribution in [3.8, 4) is 0 Å². The number of aromatic nitrogens is 1. The Labute approximate surface area is 119 Å². The number of rotatable bonds is 3. The van der Waals surface area contributed by atoms with Crippen LogP contribution in [-0.4, -0.2) is 38.3 Å². The molecule has 1 aromatic carbocycles. The SMILES string of the molecule is CNCc1cc2ccccc2nc1N1CCCOCC1. The highest BCUT2D eigenvalue weighted by Crippen LogP contribution is 2.24. The highest BCUT2D eigenvalue weighted by atomic mass is 16.5. The van der Waals surface area contributed by atoms with Crippen molar-refractivity contribution in [1.29, 1.82) is 0 Å². The lowest BCUT2D eigenvalue weighted by atomic mass is 10.1. The number of hydrogen-bond donors (Lipinski definition) is 1. The number of nitrogens with zero attached hydrogens (tertiary/aromatic N) is 2. The van der Waals surface area contributed by atoms with Crippen LogP contribution in [0.4, 0.5) is 5.82 Å². The Bertz CT molecular complexity index is 577. The molecule has 0 unspecified atom stereocenters. The first-order chi connectivity index (χ1) is 9.88. The number of ether oxygens (including phenoxy) is 1. The molecule has 0 aliphatic carbocycles. The zero-order chi connectivity index (χ0) is 13.8. The Morgan fingerprint density at radius 3 is 3.05 bits per heavy atom. The van der Waals surface area contributed by atoms with Gasteiger partial charge >= 0.3 is 0 Å². The predicted molar refractivity (Wildman–Crippen MR) is 82.2 cm³/mol. The molecular weight excluding hydrogens is 250 g/mol. The van der Waals surface area contributed by atoms with Crippen LogP contribution in [0.3, 0.4) is 0 Å². The molecule has 1 N–H and O–H groups in total. The van der Waals surface area contributed by atoms with Crippen molar-refractivity contribution < 1.29 is 4.74 Å². The second-order valence-electron chi connectivity index (χ2n) is 5.15. The zero-order valence-electron chi connectivity index (χ0n) is 11.9. The maximum absolute atomic E-state index is 5.55. The lowest BCUT2D eigenvalue weighted by Crippen LogP contribution is -2.28. The number of hydrogen-bond acceptors (Lipinski definition) is 4. The Morgan fingerprint density at radius 1 is 1.25 bits per heavy atom. The molecule has 0 atom stereocenters. The van der Waals surface area contributed by atoms with Crippen LogP contribution in [0.2, 0.25) is 0 Å². The van der Waals surface area contributed by atoms with Gasteiger partial charge in [0.05, 0.1) is 12.1 Å². The minimum Gasteiger partial charge on any atom is -0.380 e. The summed E-state index contributed by atoms with van der Waals surface area (Å²) in [7, 11) is 1.98. The van der Waals surface area contributed by atoms with E-state index in [-0.39, 0.29) is 0 Å². The first-order valence-electron chi connectivity index (χ1n) is 7.24. The summed E-state index contributed by atoms with van der Waals surface area (Å²) < 4.78 is 5.55. The van der Waals surface area contributed by atoms with E-state index in [1.54, 1.807) is 0 Å². The van der Waals surface area contributed by atoms with Crippen molar-refractivity contribution in [2.24, 2.45) is 0 Å². The molecule has 20 heavy (non-hydrogen) atoms. The molecule has 0 amide bonds. The maximum atomic E-state index is 5.55. The fourth-order valence-electron chi connectivity index (χ4n) is 2.70. The molecule has 1 aliphatic rings. The molecular formula is C16H21N3O. The van der Waals surface area contributed by atoms with Crippen LogP contribution in [0.25, 0.3) is 10.9 Å². The molecule has 2 heterocycles. The Balaban J connectivity index is 2.03. The molecule has 0 saturated carbocycles. The number of fused-ring (bicyclic) bond motifs is 1. The summed E-state index contributed by atoms with van der Waals surface area (Å²) in [5.74, 6) is 1.10. The van der Waals surface area contributed by atoms with Gasteiger partial charge in [-0.25, -0.2) is 4.98 Å². The fraction of sp³-hybridized carbons (Fsp3) is 0.438. The van der Waals surface area contributed by atoms with E-state index in [1.165, 1.54) is 10.9 Å². The number of anilines is 1. The number of para-hydroxylation sites is 1. The summed E-state index contributed by atoms with van der Waals surface area (Å²) in [6.45, 7) is 4.41. The molecule has 1 fully saturated rings. The van der Waals surface area contributed by atoms with E-state index >= 15 is 0 Å². The van der Waals surface area contributed by atoms with Crippen molar-refractivity contribution in [2.75, 3.05) is 38.3 Å². The van der Waals surface area contributed by atoms with Crippen molar-refractivity contribution in [2.45, 2.75) is 13.0 Å². The van der Waals surface area contributed by atoms with E-state index in [4.69, 9.17) is 9.72 Å². The predicted octanol–water partition coefficient (Wildman–Crippen LogP) is 2.18. The van der Waals surface area contributed by atoms with E-state index in [0.717, 1.165) is 50.6 Å². The first kappa shape index (κ1) is 13.3. The Hall–Kier alpha value is -1.65. The highest BCUT2D eigenvalue weighted by molar-refractivity contribution is 5.81. The number of nitrogens with one attached hydrogen (secondary N) is 1. The molecule has 1 aliphatic heterocycles. The number of pyridine rings is 1. The molecule has 106 valence electrons. The Kier molecular flexibility index (Phi) is 4.14. The van der Waals surface area contributed by atoms with Gasteiger partial charge in [0.1, 0.15) is 5.82 Å². The highest BCUT2D eigenvalue weighted by Gasteiger charge is 2.15.